The predicted molar refractivity (Wildman–Crippen MR) is 123 cm³/mol. The molecular formula is C25H24N2O7. The van der Waals surface area contributed by atoms with E-state index in [0.717, 1.165) is 0 Å². The molecule has 3 amide bonds. The molecule has 34 heavy (non-hydrogen) atoms. The van der Waals surface area contributed by atoms with Gasteiger partial charge in [-0.1, -0.05) is 12.2 Å². The number of carbonyl (C=O) groups excluding carboxylic acids is 4. The first kappa shape index (κ1) is 23.0. The molecule has 1 saturated heterocycles. The molecule has 9 nitrogen and oxygen atoms in total. The number of nitrogens with zero attached hydrogens (tertiary/aromatic N) is 1. The van der Waals surface area contributed by atoms with E-state index in [1.54, 1.807) is 18.2 Å². The summed E-state index contributed by atoms with van der Waals surface area (Å²) in [6, 6.07) is 10.9. The van der Waals surface area contributed by atoms with Crippen LogP contribution in [-0.2, 0) is 19.1 Å². The van der Waals surface area contributed by atoms with E-state index in [1.165, 1.54) is 43.4 Å². The second-order valence-corrected chi connectivity index (χ2v) is 7.91. The number of rotatable bonds is 7. The number of fused-ring (bicyclic) bond motifs is 1. The summed E-state index contributed by atoms with van der Waals surface area (Å²) in [5.41, 5.74) is 0.973. The molecule has 2 aromatic carbocycles. The summed E-state index contributed by atoms with van der Waals surface area (Å²) in [5.74, 6) is -1.42. The van der Waals surface area contributed by atoms with Gasteiger partial charge in [-0.2, -0.15) is 0 Å². The van der Waals surface area contributed by atoms with Crippen molar-refractivity contribution < 1.29 is 33.4 Å². The fourth-order valence-electron chi connectivity index (χ4n) is 4.11. The number of methoxy groups -OCH3 is 2. The first-order valence-electron chi connectivity index (χ1n) is 10.7. The van der Waals surface area contributed by atoms with Gasteiger partial charge in [0.2, 0.25) is 11.8 Å². The van der Waals surface area contributed by atoms with Gasteiger partial charge in [0.25, 0.3) is 5.91 Å². The number of anilines is 2. The minimum atomic E-state index is -0.712. The van der Waals surface area contributed by atoms with Crippen LogP contribution in [0.3, 0.4) is 0 Å². The van der Waals surface area contributed by atoms with Gasteiger partial charge in [-0.05, 0) is 49.2 Å². The van der Waals surface area contributed by atoms with Crippen LogP contribution >= 0.6 is 0 Å². The van der Waals surface area contributed by atoms with E-state index in [0.29, 0.717) is 35.7 Å². The Labute approximate surface area is 196 Å². The summed E-state index contributed by atoms with van der Waals surface area (Å²) in [4.78, 5) is 51.2. The fourth-order valence-corrected chi connectivity index (χ4v) is 4.11. The number of imide groups is 1. The first-order valence-corrected chi connectivity index (χ1v) is 10.7. The van der Waals surface area contributed by atoms with Crippen molar-refractivity contribution in [1.29, 1.82) is 0 Å². The van der Waals surface area contributed by atoms with Crippen molar-refractivity contribution in [2.45, 2.75) is 12.8 Å². The van der Waals surface area contributed by atoms with E-state index in [4.69, 9.17) is 14.2 Å². The third kappa shape index (κ3) is 4.50. The maximum atomic E-state index is 12.7. The van der Waals surface area contributed by atoms with Gasteiger partial charge in [0, 0.05) is 6.07 Å². The van der Waals surface area contributed by atoms with Gasteiger partial charge in [0.1, 0.15) is 11.5 Å². The minimum Gasteiger partial charge on any atom is -0.497 e. The topological polar surface area (TPSA) is 111 Å². The van der Waals surface area contributed by atoms with Crippen LogP contribution < -0.4 is 19.7 Å². The Hall–Kier alpha value is -4.14. The molecule has 4 rings (SSSR count). The molecule has 2 atom stereocenters. The van der Waals surface area contributed by atoms with Gasteiger partial charge in [-0.15, -0.1) is 0 Å². The number of carbonyl (C=O) groups is 4. The van der Waals surface area contributed by atoms with Crippen LogP contribution in [0.15, 0.2) is 54.6 Å². The number of hydrogen-bond acceptors (Lipinski definition) is 7. The zero-order valence-electron chi connectivity index (χ0n) is 18.8. The van der Waals surface area contributed by atoms with E-state index in [-0.39, 0.29) is 29.2 Å². The lowest BCUT2D eigenvalue weighted by Gasteiger charge is -2.15. The first-order chi connectivity index (χ1) is 16.4. The Morgan fingerprint density at radius 3 is 2.18 bits per heavy atom. The van der Waals surface area contributed by atoms with Crippen LogP contribution in [0.4, 0.5) is 11.4 Å². The number of allylic oxidation sites excluding steroid dienone is 2. The number of benzene rings is 2. The second kappa shape index (κ2) is 9.78. The smallest absolute Gasteiger partial charge is 0.338 e. The molecule has 1 aliphatic heterocycles. The third-order valence-electron chi connectivity index (χ3n) is 5.88. The molecule has 1 heterocycles. The van der Waals surface area contributed by atoms with Gasteiger partial charge in [0.15, 0.2) is 6.61 Å². The van der Waals surface area contributed by atoms with Crippen LogP contribution in [-0.4, -0.2) is 44.5 Å². The highest BCUT2D eigenvalue weighted by molar-refractivity contribution is 6.22. The number of hydrogen-bond donors (Lipinski definition) is 1. The van der Waals surface area contributed by atoms with Crippen LogP contribution in [0, 0.1) is 11.8 Å². The maximum absolute atomic E-state index is 12.7. The lowest BCUT2D eigenvalue weighted by molar-refractivity contribution is -0.122. The van der Waals surface area contributed by atoms with Gasteiger partial charge >= 0.3 is 5.97 Å². The number of amides is 3. The van der Waals surface area contributed by atoms with Crippen molar-refractivity contribution in [2.24, 2.45) is 11.8 Å². The van der Waals surface area contributed by atoms with Gasteiger partial charge in [0.05, 0.1) is 43.0 Å². The zero-order chi connectivity index (χ0) is 24.2. The monoisotopic (exact) mass is 464 g/mol. The Kier molecular flexibility index (Phi) is 6.62. The molecule has 0 radical (unpaired) electrons. The fraction of sp³-hybridized carbons (Fsp3) is 0.280. The van der Waals surface area contributed by atoms with Gasteiger partial charge < -0.3 is 19.5 Å². The minimum absolute atomic E-state index is 0.189. The lowest BCUT2D eigenvalue weighted by Crippen LogP contribution is -2.30. The van der Waals surface area contributed by atoms with Crippen molar-refractivity contribution in [3.63, 3.8) is 0 Å². The molecule has 1 fully saturated rings. The molecule has 2 aromatic rings. The average Bonchev–Trinajstić information content (AvgIpc) is 3.12. The molecule has 1 aliphatic carbocycles. The standard InChI is InChI=1S/C25H24N2O7/c1-32-17-11-12-21(33-2)20(13-17)26-22(28)14-34-25(31)15-7-9-16(10-8-15)27-23(29)18-5-3-4-6-19(18)24(27)30/h3-4,7-13,18-19H,5-6,14H2,1-2H3,(H,26,28)/t18-,19-/m0/s1. The predicted octanol–water partition coefficient (Wildman–Crippen LogP) is 2.95. The molecule has 0 spiro atoms. The summed E-state index contributed by atoms with van der Waals surface area (Å²) in [6.07, 6.45) is 4.96. The largest absolute Gasteiger partial charge is 0.497 e. The second-order valence-electron chi connectivity index (χ2n) is 7.91. The highest BCUT2D eigenvalue weighted by Crippen LogP contribution is 2.37. The van der Waals surface area contributed by atoms with Crippen molar-refractivity contribution >= 4 is 35.1 Å². The summed E-state index contributed by atoms with van der Waals surface area (Å²) < 4.78 is 15.4. The van der Waals surface area contributed by atoms with Crippen molar-refractivity contribution in [2.75, 3.05) is 31.0 Å². The molecule has 0 aromatic heterocycles. The summed E-state index contributed by atoms with van der Waals surface area (Å²) in [6.45, 7) is -0.513. The van der Waals surface area contributed by atoms with E-state index in [1.807, 2.05) is 12.2 Å². The zero-order valence-corrected chi connectivity index (χ0v) is 18.8. The molecular weight excluding hydrogens is 440 g/mol. The van der Waals surface area contributed by atoms with Crippen LogP contribution in [0.1, 0.15) is 23.2 Å². The van der Waals surface area contributed by atoms with Crippen molar-refractivity contribution in [3.8, 4) is 11.5 Å². The molecule has 0 bridgehead atoms. The number of esters is 1. The van der Waals surface area contributed by atoms with Crippen LogP contribution in [0.5, 0.6) is 11.5 Å². The van der Waals surface area contributed by atoms with Crippen molar-refractivity contribution in [3.05, 3.63) is 60.2 Å². The normalized spacial score (nSPS) is 18.9. The van der Waals surface area contributed by atoms with Gasteiger partial charge in [-0.25, -0.2) is 4.79 Å². The van der Waals surface area contributed by atoms with E-state index >= 15 is 0 Å². The Bertz CT molecular complexity index is 1130. The molecule has 9 heteroatoms. The van der Waals surface area contributed by atoms with E-state index in [9.17, 15) is 19.2 Å². The van der Waals surface area contributed by atoms with E-state index in [2.05, 4.69) is 5.32 Å². The van der Waals surface area contributed by atoms with Gasteiger partial charge in [-0.3, -0.25) is 19.3 Å². The van der Waals surface area contributed by atoms with Crippen LogP contribution in [0.25, 0.3) is 0 Å². The summed E-state index contributed by atoms with van der Waals surface area (Å²) in [7, 11) is 2.97. The highest BCUT2D eigenvalue weighted by atomic mass is 16.5. The van der Waals surface area contributed by atoms with E-state index < -0.39 is 18.5 Å². The molecule has 176 valence electrons. The van der Waals surface area contributed by atoms with Crippen molar-refractivity contribution in [1.82, 2.24) is 0 Å². The Morgan fingerprint density at radius 2 is 1.59 bits per heavy atom. The lowest BCUT2D eigenvalue weighted by atomic mass is 9.85. The Balaban J connectivity index is 1.36. The quantitative estimate of drug-likeness (QED) is 0.381. The highest BCUT2D eigenvalue weighted by Gasteiger charge is 2.47. The molecule has 2 aliphatic rings. The Morgan fingerprint density at radius 1 is 0.941 bits per heavy atom. The molecule has 0 unspecified atom stereocenters. The molecule has 1 N–H and O–H groups in total. The molecule has 0 saturated carbocycles. The third-order valence-corrected chi connectivity index (χ3v) is 5.88. The summed E-state index contributed by atoms with van der Waals surface area (Å²) in [5, 5.41) is 2.62. The van der Waals surface area contributed by atoms with Crippen LogP contribution in [0.2, 0.25) is 0 Å². The SMILES string of the molecule is COc1ccc(OC)c(NC(=O)COC(=O)c2ccc(N3C(=O)[C@H]4CC=CC[C@@H]4C3=O)cc2)c1. The maximum Gasteiger partial charge on any atom is 0.338 e. The summed E-state index contributed by atoms with van der Waals surface area (Å²) >= 11 is 0. The number of ether oxygens (including phenoxy) is 3. The average molecular weight is 464 g/mol. The number of nitrogens with one attached hydrogen (secondary N) is 1.